The van der Waals surface area contributed by atoms with Gasteiger partial charge in [-0.1, -0.05) is 18.2 Å². The number of hydrogen-bond donors (Lipinski definition) is 0. The van der Waals surface area contributed by atoms with Gasteiger partial charge in [0.1, 0.15) is 5.75 Å². The molecular formula is C15H12BrNO. The van der Waals surface area contributed by atoms with E-state index < -0.39 is 0 Å². The van der Waals surface area contributed by atoms with Gasteiger partial charge in [-0.3, -0.25) is 0 Å². The highest BCUT2D eigenvalue weighted by Gasteiger charge is 2.05. The second-order valence-electron chi connectivity index (χ2n) is 4.06. The van der Waals surface area contributed by atoms with Crippen molar-refractivity contribution in [2.45, 2.75) is 0 Å². The van der Waals surface area contributed by atoms with Crippen molar-refractivity contribution in [2.75, 3.05) is 7.11 Å². The minimum atomic E-state index is 0.838. The maximum absolute atomic E-state index is 5.34. The van der Waals surface area contributed by atoms with E-state index in [-0.39, 0.29) is 0 Å². The van der Waals surface area contributed by atoms with Crippen molar-refractivity contribution < 1.29 is 4.74 Å². The van der Waals surface area contributed by atoms with Gasteiger partial charge in [-0.05, 0) is 45.6 Å². The van der Waals surface area contributed by atoms with Crippen LogP contribution in [0.25, 0.3) is 16.6 Å². The van der Waals surface area contributed by atoms with Crippen molar-refractivity contribution in [3.8, 4) is 11.4 Å². The van der Waals surface area contributed by atoms with Crippen LogP contribution in [0, 0.1) is 0 Å². The predicted octanol–water partition coefficient (Wildman–Crippen LogP) is 4.40. The summed E-state index contributed by atoms with van der Waals surface area (Å²) in [6.45, 7) is 0. The van der Waals surface area contributed by atoms with Gasteiger partial charge in [-0.15, -0.1) is 0 Å². The number of nitrogens with zero attached hydrogens (tertiary/aromatic N) is 1. The molecule has 0 atom stereocenters. The molecule has 1 heterocycles. The molecule has 0 N–H and O–H groups in total. The fraction of sp³-hybridized carbons (Fsp3) is 0.0667. The van der Waals surface area contributed by atoms with E-state index in [4.69, 9.17) is 4.74 Å². The molecule has 18 heavy (non-hydrogen) atoms. The van der Waals surface area contributed by atoms with Crippen LogP contribution in [0.5, 0.6) is 5.75 Å². The number of ether oxygens (including phenoxy) is 1. The molecule has 0 unspecified atom stereocenters. The quantitative estimate of drug-likeness (QED) is 0.684. The molecule has 90 valence electrons. The molecule has 3 aromatic rings. The highest BCUT2D eigenvalue weighted by atomic mass is 79.9. The number of aromatic nitrogens is 1. The molecule has 0 fully saturated rings. The normalized spacial score (nSPS) is 10.8. The van der Waals surface area contributed by atoms with Crippen LogP contribution in [-0.2, 0) is 0 Å². The SMILES string of the molecule is COc1cc(-n2ccc3ccccc32)ccc1Br. The summed E-state index contributed by atoms with van der Waals surface area (Å²) in [4.78, 5) is 0. The monoisotopic (exact) mass is 301 g/mol. The van der Waals surface area contributed by atoms with Crippen molar-refractivity contribution in [3.63, 3.8) is 0 Å². The minimum Gasteiger partial charge on any atom is -0.495 e. The van der Waals surface area contributed by atoms with Gasteiger partial charge >= 0.3 is 0 Å². The first kappa shape index (κ1) is 11.4. The average molecular weight is 302 g/mol. The minimum absolute atomic E-state index is 0.838. The topological polar surface area (TPSA) is 14.2 Å². The van der Waals surface area contributed by atoms with Crippen LogP contribution in [0.1, 0.15) is 0 Å². The van der Waals surface area contributed by atoms with E-state index in [1.54, 1.807) is 7.11 Å². The third kappa shape index (κ3) is 1.81. The molecule has 0 bridgehead atoms. The van der Waals surface area contributed by atoms with Gasteiger partial charge in [-0.2, -0.15) is 0 Å². The molecule has 0 saturated heterocycles. The summed E-state index contributed by atoms with van der Waals surface area (Å²) in [5.74, 6) is 0.838. The van der Waals surface area contributed by atoms with Crippen LogP contribution in [0.15, 0.2) is 59.2 Å². The Bertz CT molecular complexity index is 703. The zero-order valence-electron chi connectivity index (χ0n) is 9.93. The predicted molar refractivity (Wildman–Crippen MR) is 77.5 cm³/mol. The first-order valence-corrected chi connectivity index (χ1v) is 6.49. The fourth-order valence-electron chi connectivity index (χ4n) is 2.11. The third-order valence-electron chi connectivity index (χ3n) is 3.01. The summed E-state index contributed by atoms with van der Waals surface area (Å²) in [5, 5.41) is 1.24. The largest absolute Gasteiger partial charge is 0.495 e. The fourth-order valence-corrected chi connectivity index (χ4v) is 2.51. The Hall–Kier alpha value is -1.74. The lowest BCUT2D eigenvalue weighted by Crippen LogP contribution is -1.93. The lowest BCUT2D eigenvalue weighted by atomic mass is 10.2. The Morgan fingerprint density at radius 1 is 1.06 bits per heavy atom. The van der Waals surface area contributed by atoms with E-state index in [2.05, 4.69) is 63.1 Å². The number of halogens is 1. The van der Waals surface area contributed by atoms with E-state index >= 15 is 0 Å². The number of hydrogen-bond acceptors (Lipinski definition) is 1. The Morgan fingerprint density at radius 3 is 2.72 bits per heavy atom. The van der Waals surface area contributed by atoms with E-state index in [1.165, 1.54) is 10.9 Å². The van der Waals surface area contributed by atoms with Crippen LogP contribution in [-0.4, -0.2) is 11.7 Å². The van der Waals surface area contributed by atoms with Crippen LogP contribution >= 0.6 is 15.9 Å². The summed E-state index contributed by atoms with van der Waals surface area (Å²) < 4.78 is 8.46. The highest BCUT2D eigenvalue weighted by Crippen LogP contribution is 2.29. The summed E-state index contributed by atoms with van der Waals surface area (Å²) in [6, 6.07) is 16.5. The lowest BCUT2D eigenvalue weighted by molar-refractivity contribution is 0.412. The Morgan fingerprint density at radius 2 is 1.89 bits per heavy atom. The number of methoxy groups -OCH3 is 1. The molecule has 0 aliphatic heterocycles. The second kappa shape index (κ2) is 4.50. The number of rotatable bonds is 2. The van der Waals surface area contributed by atoms with Gasteiger partial charge in [0.05, 0.1) is 17.1 Å². The molecule has 0 amide bonds. The molecule has 0 aliphatic rings. The summed E-state index contributed by atoms with van der Waals surface area (Å²) >= 11 is 3.47. The molecule has 3 rings (SSSR count). The van der Waals surface area contributed by atoms with E-state index in [9.17, 15) is 0 Å². The van der Waals surface area contributed by atoms with Crippen molar-refractivity contribution in [3.05, 3.63) is 59.2 Å². The van der Waals surface area contributed by atoms with E-state index in [1.807, 2.05) is 12.1 Å². The van der Waals surface area contributed by atoms with Crippen LogP contribution in [0.4, 0.5) is 0 Å². The zero-order valence-corrected chi connectivity index (χ0v) is 11.5. The van der Waals surface area contributed by atoms with E-state index in [0.717, 1.165) is 15.9 Å². The Kier molecular flexibility index (Phi) is 2.84. The van der Waals surface area contributed by atoms with Gasteiger partial charge in [0.15, 0.2) is 0 Å². The van der Waals surface area contributed by atoms with Crippen LogP contribution in [0.2, 0.25) is 0 Å². The maximum atomic E-state index is 5.34. The van der Waals surface area contributed by atoms with Crippen molar-refractivity contribution in [1.29, 1.82) is 0 Å². The van der Waals surface area contributed by atoms with Crippen molar-refractivity contribution >= 4 is 26.8 Å². The van der Waals surface area contributed by atoms with Gasteiger partial charge in [0, 0.05) is 18.0 Å². The smallest absolute Gasteiger partial charge is 0.135 e. The zero-order chi connectivity index (χ0) is 12.5. The van der Waals surface area contributed by atoms with Gasteiger partial charge in [-0.25, -0.2) is 0 Å². The van der Waals surface area contributed by atoms with Gasteiger partial charge < -0.3 is 9.30 Å². The number of para-hydroxylation sites is 1. The summed E-state index contributed by atoms with van der Waals surface area (Å²) in [5.41, 5.74) is 2.29. The summed E-state index contributed by atoms with van der Waals surface area (Å²) in [7, 11) is 1.68. The van der Waals surface area contributed by atoms with Crippen LogP contribution < -0.4 is 4.74 Å². The Labute approximate surface area is 114 Å². The number of benzene rings is 2. The molecule has 0 spiro atoms. The Balaban J connectivity index is 2.20. The molecule has 0 aliphatic carbocycles. The summed E-state index contributed by atoms with van der Waals surface area (Å²) in [6.07, 6.45) is 2.08. The average Bonchev–Trinajstić information content (AvgIpc) is 2.83. The van der Waals surface area contributed by atoms with E-state index in [0.29, 0.717) is 0 Å². The molecule has 2 nitrogen and oxygen atoms in total. The molecule has 0 radical (unpaired) electrons. The highest BCUT2D eigenvalue weighted by molar-refractivity contribution is 9.10. The lowest BCUT2D eigenvalue weighted by Gasteiger charge is -2.09. The first-order valence-electron chi connectivity index (χ1n) is 5.69. The van der Waals surface area contributed by atoms with Gasteiger partial charge in [0.2, 0.25) is 0 Å². The standard InChI is InChI=1S/C15H12BrNO/c1-18-15-10-12(6-7-13(15)16)17-9-8-11-4-2-3-5-14(11)17/h2-10H,1H3. The molecular weight excluding hydrogens is 290 g/mol. The molecule has 1 aromatic heterocycles. The molecule has 2 aromatic carbocycles. The van der Waals surface area contributed by atoms with Crippen molar-refractivity contribution in [1.82, 2.24) is 4.57 Å². The molecule has 0 saturated carbocycles. The van der Waals surface area contributed by atoms with Crippen molar-refractivity contribution in [2.24, 2.45) is 0 Å². The molecule has 3 heteroatoms. The maximum Gasteiger partial charge on any atom is 0.135 e. The number of fused-ring (bicyclic) bond motifs is 1. The van der Waals surface area contributed by atoms with Gasteiger partial charge in [0.25, 0.3) is 0 Å². The second-order valence-corrected chi connectivity index (χ2v) is 4.92. The first-order chi connectivity index (χ1) is 8.79. The van der Waals surface area contributed by atoms with Crippen LogP contribution in [0.3, 0.4) is 0 Å². The third-order valence-corrected chi connectivity index (χ3v) is 3.67.